The molecule has 0 radical (unpaired) electrons. The van der Waals surface area contributed by atoms with E-state index in [1.54, 1.807) is 6.20 Å². The molecular weight excluding hydrogens is 382 g/mol. The molecule has 2 aromatic heterocycles. The van der Waals surface area contributed by atoms with Crippen LogP contribution in [0.2, 0.25) is 5.02 Å². The third kappa shape index (κ3) is 2.64. The summed E-state index contributed by atoms with van der Waals surface area (Å²) in [5.41, 5.74) is 2.84. The van der Waals surface area contributed by atoms with E-state index in [0.29, 0.717) is 17.5 Å². The molecule has 2 saturated heterocycles. The summed E-state index contributed by atoms with van der Waals surface area (Å²) in [5, 5.41) is 0.633. The van der Waals surface area contributed by atoms with Crippen molar-refractivity contribution >= 4 is 44.0 Å². The summed E-state index contributed by atoms with van der Waals surface area (Å²) in [4.78, 5) is 11.5. The number of rotatable bonds is 2. The minimum atomic E-state index is -2.22. The van der Waals surface area contributed by atoms with Crippen LogP contribution < -0.4 is 9.62 Å². The average molecular weight is 402 g/mol. The van der Waals surface area contributed by atoms with Gasteiger partial charge in [0.1, 0.15) is 11.6 Å². The summed E-state index contributed by atoms with van der Waals surface area (Å²) >= 11 is 6.48. The molecule has 6 nitrogen and oxygen atoms in total. The van der Waals surface area contributed by atoms with Gasteiger partial charge < -0.3 is 9.47 Å². The first-order chi connectivity index (χ1) is 12.9. The summed E-state index contributed by atoms with van der Waals surface area (Å²) in [6.07, 6.45) is 1.68. The van der Waals surface area contributed by atoms with E-state index < -0.39 is 9.71 Å². The molecule has 1 unspecified atom stereocenters. The minimum Gasteiger partial charge on any atom is -0.355 e. The predicted molar refractivity (Wildman–Crippen MR) is 112 cm³/mol. The number of hydrogen-bond acceptors (Lipinski definition) is 4. The number of pyridine rings is 1. The van der Waals surface area contributed by atoms with Crippen LogP contribution >= 0.6 is 11.6 Å². The number of hydrogen-bond donors (Lipinski definition) is 1. The van der Waals surface area contributed by atoms with Crippen molar-refractivity contribution in [3.05, 3.63) is 41.6 Å². The van der Waals surface area contributed by atoms with E-state index in [0.717, 1.165) is 41.3 Å². The maximum atomic E-state index is 12.6. The molecule has 1 aromatic carbocycles. The molecule has 3 atom stereocenters. The van der Waals surface area contributed by atoms with Crippen LogP contribution in [0.25, 0.3) is 22.4 Å². The highest BCUT2D eigenvalue weighted by Gasteiger charge is 2.43. The topological polar surface area (TPSA) is 63.1 Å². The Bertz CT molecular complexity index is 1160. The van der Waals surface area contributed by atoms with Crippen molar-refractivity contribution in [3.8, 4) is 11.4 Å². The van der Waals surface area contributed by atoms with Crippen molar-refractivity contribution in [1.29, 1.82) is 0 Å². The number of anilines is 1. The quantitative estimate of drug-likeness (QED) is 0.669. The Morgan fingerprint density at radius 1 is 1.33 bits per heavy atom. The maximum Gasteiger partial charge on any atom is 0.142 e. The summed E-state index contributed by atoms with van der Waals surface area (Å²) < 4.78 is 17.7. The highest BCUT2D eigenvalue weighted by Crippen LogP contribution is 2.35. The fourth-order valence-corrected chi connectivity index (χ4v) is 6.29. The Morgan fingerprint density at radius 2 is 2.15 bits per heavy atom. The number of aryl methyl sites for hydroxylation is 1. The first kappa shape index (κ1) is 17.0. The van der Waals surface area contributed by atoms with Crippen LogP contribution in [0, 0.1) is 5.92 Å². The Labute approximate surface area is 163 Å². The monoisotopic (exact) mass is 401 g/mol. The standard InChI is InChI=1S/C19H20ClN5OS/c1-24-16-6-4-3-5-15(16)23-19(24)13-7-18(21-9-14(13)20)25-10-12-8-22-27(2,26)17(12)11-25/h3-7,9,12,17H,2,8,10-11H2,1H3,(H,22,26)/t12-,17+,27?/m0/s1. The number of halogens is 1. The fourth-order valence-electron chi connectivity index (χ4n) is 4.17. The molecule has 140 valence electrons. The molecule has 0 spiro atoms. The molecule has 2 aliphatic rings. The smallest absolute Gasteiger partial charge is 0.142 e. The van der Waals surface area contributed by atoms with Crippen molar-refractivity contribution in [3.63, 3.8) is 0 Å². The van der Waals surface area contributed by atoms with Gasteiger partial charge in [-0.25, -0.2) is 14.7 Å². The molecule has 2 fully saturated rings. The number of aromatic nitrogens is 3. The molecule has 8 heteroatoms. The molecule has 5 rings (SSSR count). The first-order valence-corrected chi connectivity index (χ1v) is 11.0. The lowest BCUT2D eigenvalue weighted by atomic mass is 10.1. The average Bonchev–Trinajstić information content (AvgIpc) is 3.30. The molecule has 0 amide bonds. The lowest BCUT2D eigenvalue weighted by molar-refractivity contribution is 0.626. The Balaban J connectivity index is 1.55. The highest BCUT2D eigenvalue weighted by molar-refractivity contribution is 7.99. The van der Waals surface area contributed by atoms with Crippen LogP contribution in [0.5, 0.6) is 0 Å². The lowest BCUT2D eigenvalue weighted by Gasteiger charge is -2.20. The fraction of sp³-hybridized carbons (Fsp3) is 0.316. The first-order valence-electron chi connectivity index (χ1n) is 8.87. The SMILES string of the molecule is C=S1(=O)NC[C@H]2CN(c3cc(-c4nc5ccccc5n4C)c(Cl)cn3)C[C@H]21. The molecule has 2 aliphatic heterocycles. The van der Waals surface area contributed by atoms with Gasteiger partial charge in [-0.2, -0.15) is 0 Å². The third-order valence-corrected chi connectivity index (χ3v) is 8.12. The van der Waals surface area contributed by atoms with Crippen LogP contribution in [0.3, 0.4) is 0 Å². The van der Waals surface area contributed by atoms with Gasteiger partial charge in [-0.15, -0.1) is 0 Å². The molecule has 1 N–H and O–H groups in total. The van der Waals surface area contributed by atoms with E-state index in [9.17, 15) is 4.21 Å². The molecule has 27 heavy (non-hydrogen) atoms. The zero-order valence-corrected chi connectivity index (χ0v) is 16.5. The second-order valence-electron chi connectivity index (χ2n) is 7.28. The van der Waals surface area contributed by atoms with Gasteiger partial charge in [0.2, 0.25) is 0 Å². The van der Waals surface area contributed by atoms with Crippen molar-refractivity contribution in [2.24, 2.45) is 13.0 Å². The van der Waals surface area contributed by atoms with Crippen LogP contribution in [0.15, 0.2) is 36.5 Å². The van der Waals surface area contributed by atoms with Gasteiger partial charge in [-0.3, -0.25) is 4.21 Å². The zero-order chi connectivity index (χ0) is 18.8. The van der Waals surface area contributed by atoms with Crippen LogP contribution in [-0.2, 0) is 16.8 Å². The van der Waals surface area contributed by atoms with E-state index in [2.05, 4.69) is 20.5 Å². The number of para-hydroxylation sites is 2. The summed E-state index contributed by atoms with van der Waals surface area (Å²) in [5.74, 6) is 5.88. The van der Waals surface area contributed by atoms with E-state index >= 15 is 0 Å². The van der Waals surface area contributed by atoms with Crippen molar-refractivity contribution in [2.75, 3.05) is 24.5 Å². The normalized spacial score (nSPS) is 27.4. The zero-order valence-electron chi connectivity index (χ0n) is 14.9. The summed E-state index contributed by atoms with van der Waals surface area (Å²) in [7, 11) is -0.230. The van der Waals surface area contributed by atoms with Gasteiger partial charge in [-0.1, -0.05) is 23.7 Å². The number of nitrogens with zero attached hydrogens (tertiary/aromatic N) is 4. The molecule has 3 aromatic rings. The molecule has 0 saturated carbocycles. The van der Waals surface area contributed by atoms with Gasteiger partial charge >= 0.3 is 0 Å². The van der Waals surface area contributed by atoms with Crippen LogP contribution in [0.4, 0.5) is 5.82 Å². The Hall–Kier alpha value is -2.09. The van der Waals surface area contributed by atoms with Gasteiger partial charge in [0.15, 0.2) is 0 Å². The number of imidazole rings is 1. The predicted octanol–water partition coefficient (Wildman–Crippen LogP) is 2.33. The van der Waals surface area contributed by atoms with Crippen LogP contribution in [-0.4, -0.2) is 49.5 Å². The van der Waals surface area contributed by atoms with Gasteiger partial charge in [-0.05, 0) is 24.1 Å². The van der Waals surface area contributed by atoms with E-state index in [-0.39, 0.29) is 5.25 Å². The third-order valence-electron chi connectivity index (χ3n) is 5.65. The Morgan fingerprint density at radius 3 is 2.93 bits per heavy atom. The van der Waals surface area contributed by atoms with Gasteiger partial charge in [0, 0.05) is 54.1 Å². The molecular formula is C19H20ClN5OS. The lowest BCUT2D eigenvalue weighted by Crippen LogP contribution is -2.31. The number of nitrogens with one attached hydrogen (secondary N) is 1. The van der Waals surface area contributed by atoms with Crippen molar-refractivity contribution < 1.29 is 4.21 Å². The second kappa shape index (κ2) is 5.95. The summed E-state index contributed by atoms with van der Waals surface area (Å²) in [6, 6.07) is 10.0. The molecule has 0 bridgehead atoms. The minimum absolute atomic E-state index is 0.0641. The Kier molecular flexibility index (Phi) is 3.76. The molecule has 0 aliphatic carbocycles. The number of benzene rings is 1. The van der Waals surface area contributed by atoms with E-state index in [1.807, 2.05) is 41.9 Å². The highest BCUT2D eigenvalue weighted by atomic mass is 35.5. The summed E-state index contributed by atoms with van der Waals surface area (Å²) in [6.45, 7) is 2.26. The van der Waals surface area contributed by atoms with E-state index in [1.165, 1.54) is 0 Å². The number of fused-ring (bicyclic) bond motifs is 2. The van der Waals surface area contributed by atoms with Crippen molar-refractivity contribution in [2.45, 2.75) is 5.25 Å². The van der Waals surface area contributed by atoms with Crippen molar-refractivity contribution in [1.82, 2.24) is 19.3 Å². The van der Waals surface area contributed by atoms with Gasteiger partial charge in [0.25, 0.3) is 0 Å². The van der Waals surface area contributed by atoms with Crippen LogP contribution in [0.1, 0.15) is 0 Å². The largest absolute Gasteiger partial charge is 0.355 e. The maximum absolute atomic E-state index is 12.6. The second-order valence-corrected chi connectivity index (χ2v) is 10.0. The van der Waals surface area contributed by atoms with Gasteiger partial charge in [0.05, 0.1) is 21.3 Å². The van der Waals surface area contributed by atoms with E-state index in [4.69, 9.17) is 16.6 Å². The molecule has 4 heterocycles.